The standard InChI is InChI=1S/C16H17N5O2/c1-11-18-13(10-23-11)16(22)19-12-4-7-21(9-12)15-14-3-2-6-20(14)8-5-17-15/h2-3,5-6,8,10,12H,4,7,9H2,1H3,(H,19,22). The largest absolute Gasteiger partial charge is 0.448 e. The van der Waals surface area contributed by atoms with Crippen LogP contribution in [-0.4, -0.2) is 39.4 Å². The van der Waals surface area contributed by atoms with Gasteiger partial charge in [0.15, 0.2) is 17.4 Å². The monoisotopic (exact) mass is 311 g/mol. The number of oxazole rings is 1. The van der Waals surface area contributed by atoms with Crippen molar-refractivity contribution in [1.82, 2.24) is 19.7 Å². The third kappa shape index (κ3) is 2.54. The van der Waals surface area contributed by atoms with Crippen LogP contribution in [0.2, 0.25) is 0 Å². The van der Waals surface area contributed by atoms with Crippen molar-refractivity contribution in [2.45, 2.75) is 19.4 Å². The molecule has 1 fully saturated rings. The molecule has 0 saturated carbocycles. The number of amides is 1. The smallest absolute Gasteiger partial charge is 0.273 e. The van der Waals surface area contributed by atoms with Crippen LogP contribution < -0.4 is 10.2 Å². The summed E-state index contributed by atoms with van der Waals surface area (Å²) in [6.45, 7) is 3.32. The van der Waals surface area contributed by atoms with Crippen molar-refractivity contribution in [3.63, 3.8) is 0 Å². The van der Waals surface area contributed by atoms with E-state index in [0.717, 1.165) is 30.8 Å². The topological polar surface area (TPSA) is 75.7 Å². The van der Waals surface area contributed by atoms with Crippen LogP contribution in [-0.2, 0) is 0 Å². The summed E-state index contributed by atoms with van der Waals surface area (Å²) >= 11 is 0. The Morgan fingerprint density at radius 2 is 2.35 bits per heavy atom. The Balaban J connectivity index is 1.47. The Bertz CT molecular complexity index is 853. The van der Waals surface area contributed by atoms with Crippen LogP contribution in [0.15, 0.2) is 41.4 Å². The first kappa shape index (κ1) is 13.8. The van der Waals surface area contributed by atoms with Crippen molar-refractivity contribution in [2.75, 3.05) is 18.0 Å². The number of anilines is 1. The molecule has 1 amide bonds. The fourth-order valence-corrected chi connectivity index (χ4v) is 3.00. The van der Waals surface area contributed by atoms with E-state index in [-0.39, 0.29) is 11.9 Å². The fourth-order valence-electron chi connectivity index (χ4n) is 3.00. The summed E-state index contributed by atoms with van der Waals surface area (Å²) in [5.41, 5.74) is 1.40. The van der Waals surface area contributed by atoms with Crippen molar-refractivity contribution in [3.05, 3.63) is 48.6 Å². The van der Waals surface area contributed by atoms with Gasteiger partial charge < -0.3 is 19.0 Å². The van der Waals surface area contributed by atoms with Crippen molar-refractivity contribution < 1.29 is 9.21 Å². The van der Waals surface area contributed by atoms with E-state index in [2.05, 4.69) is 20.2 Å². The molecule has 1 saturated heterocycles. The third-order valence-electron chi connectivity index (χ3n) is 4.11. The molecule has 4 rings (SSSR count). The van der Waals surface area contributed by atoms with E-state index in [4.69, 9.17) is 4.42 Å². The summed E-state index contributed by atoms with van der Waals surface area (Å²) in [6.07, 6.45) is 8.00. The van der Waals surface area contributed by atoms with E-state index in [1.807, 2.05) is 28.9 Å². The van der Waals surface area contributed by atoms with Crippen LogP contribution in [0.1, 0.15) is 22.8 Å². The van der Waals surface area contributed by atoms with E-state index in [1.54, 1.807) is 13.1 Å². The highest BCUT2D eigenvalue weighted by Gasteiger charge is 2.27. The molecule has 0 bridgehead atoms. The zero-order chi connectivity index (χ0) is 15.8. The predicted octanol–water partition coefficient (Wildman–Crippen LogP) is 1.64. The highest BCUT2D eigenvalue weighted by molar-refractivity contribution is 5.92. The molecule has 0 radical (unpaired) electrons. The van der Waals surface area contributed by atoms with Crippen LogP contribution in [0, 0.1) is 6.92 Å². The molecule has 1 N–H and O–H groups in total. The minimum absolute atomic E-state index is 0.0801. The molecule has 0 aliphatic carbocycles. The Kier molecular flexibility index (Phi) is 3.25. The van der Waals surface area contributed by atoms with Crippen molar-refractivity contribution in [3.8, 4) is 0 Å². The highest BCUT2D eigenvalue weighted by atomic mass is 16.3. The van der Waals surface area contributed by atoms with Crippen LogP contribution in [0.3, 0.4) is 0 Å². The SMILES string of the molecule is Cc1nc(C(=O)NC2CCN(c3nccn4cccc34)C2)co1. The van der Waals surface area contributed by atoms with Crippen LogP contribution in [0.5, 0.6) is 0 Å². The van der Waals surface area contributed by atoms with Gasteiger partial charge >= 0.3 is 0 Å². The minimum atomic E-state index is -0.192. The molecule has 1 atom stereocenters. The van der Waals surface area contributed by atoms with Gasteiger partial charge in [-0.1, -0.05) is 0 Å². The molecule has 1 aliphatic rings. The maximum absolute atomic E-state index is 12.2. The molecular formula is C16H17N5O2. The number of hydrogen-bond donors (Lipinski definition) is 1. The third-order valence-corrected chi connectivity index (χ3v) is 4.11. The molecule has 1 aliphatic heterocycles. The van der Waals surface area contributed by atoms with Gasteiger partial charge in [0.25, 0.3) is 5.91 Å². The average molecular weight is 311 g/mol. The van der Waals surface area contributed by atoms with Gasteiger partial charge in [-0.15, -0.1) is 0 Å². The number of aromatic nitrogens is 3. The second-order valence-corrected chi connectivity index (χ2v) is 5.71. The van der Waals surface area contributed by atoms with Crippen LogP contribution in [0.4, 0.5) is 5.82 Å². The molecule has 4 heterocycles. The van der Waals surface area contributed by atoms with E-state index < -0.39 is 0 Å². The summed E-state index contributed by atoms with van der Waals surface area (Å²) in [5.74, 6) is 1.25. The van der Waals surface area contributed by atoms with Crippen LogP contribution in [0.25, 0.3) is 5.52 Å². The lowest BCUT2D eigenvalue weighted by atomic mass is 10.2. The Hall–Kier alpha value is -2.83. The lowest BCUT2D eigenvalue weighted by molar-refractivity contribution is 0.0935. The zero-order valence-corrected chi connectivity index (χ0v) is 12.8. The Morgan fingerprint density at radius 1 is 1.43 bits per heavy atom. The van der Waals surface area contributed by atoms with Gasteiger partial charge in [0, 0.05) is 44.6 Å². The number of carbonyl (C=O) groups excluding carboxylic acids is 1. The summed E-state index contributed by atoms with van der Waals surface area (Å²) < 4.78 is 7.13. The number of nitrogens with one attached hydrogen (secondary N) is 1. The number of hydrogen-bond acceptors (Lipinski definition) is 5. The zero-order valence-electron chi connectivity index (χ0n) is 12.8. The summed E-state index contributed by atoms with van der Waals surface area (Å²) in [6, 6.07) is 4.13. The molecule has 3 aromatic rings. The minimum Gasteiger partial charge on any atom is -0.448 e. The van der Waals surface area contributed by atoms with Gasteiger partial charge in [-0.25, -0.2) is 9.97 Å². The van der Waals surface area contributed by atoms with E-state index in [1.165, 1.54) is 6.26 Å². The summed E-state index contributed by atoms with van der Waals surface area (Å²) in [4.78, 5) is 22.9. The van der Waals surface area contributed by atoms with E-state index in [0.29, 0.717) is 11.6 Å². The molecule has 3 aromatic heterocycles. The van der Waals surface area contributed by atoms with Crippen molar-refractivity contribution in [2.24, 2.45) is 0 Å². The Labute approximate surface area is 132 Å². The van der Waals surface area contributed by atoms with Gasteiger partial charge in [-0.2, -0.15) is 0 Å². The Morgan fingerprint density at radius 3 is 3.17 bits per heavy atom. The number of nitrogens with zero attached hydrogens (tertiary/aromatic N) is 4. The highest BCUT2D eigenvalue weighted by Crippen LogP contribution is 2.23. The van der Waals surface area contributed by atoms with Gasteiger partial charge in [0.2, 0.25) is 0 Å². The molecule has 7 heteroatoms. The number of aryl methyl sites for hydroxylation is 1. The maximum Gasteiger partial charge on any atom is 0.273 e. The van der Waals surface area contributed by atoms with Crippen molar-refractivity contribution >= 4 is 17.2 Å². The average Bonchev–Trinajstić information content (AvgIpc) is 3.26. The van der Waals surface area contributed by atoms with E-state index in [9.17, 15) is 4.79 Å². The predicted molar refractivity (Wildman–Crippen MR) is 84.5 cm³/mol. The number of rotatable bonds is 3. The lowest BCUT2D eigenvalue weighted by Crippen LogP contribution is -2.37. The lowest BCUT2D eigenvalue weighted by Gasteiger charge is -2.18. The van der Waals surface area contributed by atoms with Gasteiger partial charge in [-0.05, 0) is 18.6 Å². The molecular weight excluding hydrogens is 294 g/mol. The fraction of sp³-hybridized carbons (Fsp3) is 0.312. The first-order chi connectivity index (χ1) is 11.2. The second-order valence-electron chi connectivity index (χ2n) is 5.71. The number of carbonyl (C=O) groups is 1. The number of fused-ring (bicyclic) bond motifs is 1. The normalized spacial score (nSPS) is 17.8. The van der Waals surface area contributed by atoms with E-state index >= 15 is 0 Å². The van der Waals surface area contributed by atoms with Gasteiger partial charge in [0.1, 0.15) is 6.26 Å². The molecule has 0 spiro atoms. The molecule has 23 heavy (non-hydrogen) atoms. The second kappa shape index (κ2) is 5.42. The molecule has 118 valence electrons. The van der Waals surface area contributed by atoms with Gasteiger partial charge in [0.05, 0.1) is 5.52 Å². The van der Waals surface area contributed by atoms with Crippen molar-refractivity contribution in [1.29, 1.82) is 0 Å². The van der Waals surface area contributed by atoms with Gasteiger partial charge in [-0.3, -0.25) is 4.79 Å². The summed E-state index contributed by atoms with van der Waals surface area (Å²) in [5, 5.41) is 3.01. The summed E-state index contributed by atoms with van der Waals surface area (Å²) in [7, 11) is 0. The maximum atomic E-state index is 12.2. The van der Waals surface area contributed by atoms with Crippen LogP contribution >= 0.6 is 0 Å². The first-order valence-corrected chi connectivity index (χ1v) is 7.60. The molecule has 7 nitrogen and oxygen atoms in total. The molecule has 1 unspecified atom stereocenters. The first-order valence-electron chi connectivity index (χ1n) is 7.60. The quantitative estimate of drug-likeness (QED) is 0.796. The molecule has 0 aromatic carbocycles.